The first-order valence-electron chi connectivity index (χ1n) is 9.28. The van der Waals surface area contributed by atoms with Crippen molar-refractivity contribution in [2.45, 2.75) is 19.6 Å². The van der Waals surface area contributed by atoms with Gasteiger partial charge in [-0.3, -0.25) is 4.79 Å². The van der Waals surface area contributed by atoms with Gasteiger partial charge < -0.3 is 4.57 Å². The van der Waals surface area contributed by atoms with E-state index in [0.717, 1.165) is 23.2 Å². The molecule has 4 nitrogen and oxygen atoms in total. The van der Waals surface area contributed by atoms with Gasteiger partial charge in [-0.1, -0.05) is 36.4 Å². The van der Waals surface area contributed by atoms with Gasteiger partial charge in [0, 0.05) is 6.54 Å². The lowest BCUT2D eigenvalue weighted by Crippen LogP contribution is -2.04. The van der Waals surface area contributed by atoms with Crippen molar-refractivity contribution in [3.63, 3.8) is 0 Å². The van der Waals surface area contributed by atoms with Crippen molar-refractivity contribution in [1.82, 2.24) is 14.2 Å². The maximum atomic E-state index is 13.0. The fourth-order valence-electron chi connectivity index (χ4n) is 3.56. The number of allylic oxidation sites excluding steroid dienone is 2. The van der Waals surface area contributed by atoms with E-state index in [1.807, 2.05) is 28.8 Å². The lowest BCUT2D eigenvalue weighted by atomic mass is 10.1. The number of imidazole rings is 1. The molecule has 0 aliphatic heterocycles. The van der Waals surface area contributed by atoms with Crippen molar-refractivity contribution in [2.75, 3.05) is 0 Å². The molecule has 0 N–H and O–H groups in total. The number of aromatic nitrogens is 3. The van der Waals surface area contributed by atoms with Gasteiger partial charge in [-0.15, -0.1) is 6.58 Å². The second-order valence-corrected chi connectivity index (χ2v) is 6.90. The first-order chi connectivity index (χ1) is 14.3. The summed E-state index contributed by atoms with van der Waals surface area (Å²) in [6.45, 7) is 6.07. The highest BCUT2D eigenvalue weighted by Gasteiger charge is 2.29. The largest absolute Gasteiger partial charge is 0.416 e. The van der Waals surface area contributed by atoms with E-state index in [4.69, 9.17) is 0 Å². The minimum atomic E-state index is -4.39. The number of halogens is 3. The highest BCUT2D eigenvalue weighted by molar-refractivity contribution is 6.12. The fraction of sp³-hybridized carbons (Fsp3) is 0.130. The Bertz CT molecular complexity index is 1290. The molecule has 0 atom stereocenters. The van der Waals surface area contributed by atoms with Crippen LogP contribution in [-0.2, 0) is 12.7 Å². The molecule has 0 aliphatic carbocycles. The predicted octanol–water partition coefficient (Wildman–Crippen LogP) is 5.70. The Labute approximate surface area is 170 Å². The number of ketones is 1. The van der Waals surface area contributed by atoms with Crippen LogP contribution in [0.5, 0.6) is 0 Å². The minimum absolute atomic E-state index is 0.268. The number of alkyl halides is 3. The molecule has 2 aromatic carbocycles. The Kier molecular flexibility index (Phi) is 4.81. The molecule has 2 aromatic heterocycles. The number of rotatable bonds is 5. The van der Waals surface area contributed by atoms with Crippen LogP contribution in [0.3, 0.4) is 0 Å². The zero-order valence-corrected chi connectivity index (χ0v) is 16.1. The molecule has 0 aliphatic rings. The van der Waals surface area contributed by atoms with Crippen molar-refractivity contribution < 1.29 is 18.0 Å². The third-order valence-corrected chi connectivity index (χ3v) is 4.92. The molecule has 4 aromatic rings. The lowest BCUT2D eigenvalue weighted by molar-refractivity contribution is -0.137. The second kappa shape index (κ2) is 7.33. The molecule has 0 fully saturated rings. The Hall–Kier alpha value is -3.61. The third-order valence-electron chi connectivity index (χ3n) is 4.92. The van der Waals surface area contributed by atoms with Crippen LogP contribution in [0.1, 0.15) is 27.2 Å². The summed E-state index contributed by atoms with van der Waals surface area (Å²) in [4.78, 5) is 13.0. The number of carbonyl (C=O) groups is 1. The van der Waals surface area contributed by atoms with Crippen LogP contribution in [0, 0.1) is 6.92 Å². The summed E-state index contributed by atoms with van der Waals surface area (Å²) < 4.78 is 41.8. The van der Waals surface area contributed by atoms with Gasteiger partial charge in [0.25, 0.3) is 0 Å². The fourth-order valence-corrected chi connectivity index (χ4v) is 3.56. The molecule has 0 amide bonds. The third kappa shape index (κ3) is 3.32. The average molecular weight is 409 g/mol. The highest BCUT2D eigenvalue weighted by atomic mass is 19.4. The van der Waals surface area contributed by atoms with Crippen molar-refractivity contribution in [3.8, 4) is 0 Å². The average Bonchev–Trinajstić information content (AvgIpc) is 3.20. The van der Waals surface area contributed by atoms with Gasteiger partial charge in [0.1, 0.15) is 5.65 Å². The molecule has 0 bridgehead atoms. The molecule has 0 radical (unpaired) electrons. The van der Waals surface area contributed by atoms with Crippen LogP contribution in [0.4, 0.5) is 13.2 Å². The van der Waals surface area contributed by atoms with Crippen molar-refractivity contribution in [1.29, 1.82) is 0 Å². The number of hydrogen-bond donors (Lipinski definition) is 0. The van der Waals surface area contributed by atoms with E-state index in [0.29, 0.717) is 29.0 Å². The van der Waals surface area contributed by atoms with Crippen LogP contribution in [-0.4, -0.2) is 20.0 Å². The zero-order chi connectivity index (χ0) is 21.5. The standard InChI is InChI=1S/C23H18F3N3O/c1-3-14-28-18-6-4-5-7-19(18)29-22(28)21(15(2)27-29)20(30)13-10-16-8-11-17(12-9-16)23(24,25)26/h3-13H,1,14H2,2H3/b13-10+. The van der Waals surface area contributed by atoms with E-state index in [1.165, 1.54) is 24.3 Å². The molecule has 152 valence electrons. The number of aryl methyl sites for hydroxylation is 1. The van der Waals surface area contributed by atoms with Crippen LogP contribution in [0.2, 0.25) is 0 Å². The van der Waals surface area contributed by atoms with E-state index in [2.05, 4.69) is 11.7 Å². The molecule has 0 saturated heterocycles. The normalized spacial score (nSPS) is 12.3. The predicted molar refractivity (Wildman–Crippen MR) is 110 cm³/mol. The topological polar surface area (TPSA) is 39.3 Å². The Morgan fingerprint density at radius 2 is 1.77 bits per heavy atom. The summed E-state index contributed by atoms with van der Waals surface area (Å²) in [5, 5.41) is 4.54. The highest BCUT2D eigenvalue weighted by Crippen LogP contribution is 2.29. The Morgan fingerprint density at radius 1 is 1.10 bits per heavy atom. The van der Waals surface area contributed by atoms with E-state index in [1.54, 1.807) is 17.5 Å². The number of benzene rings is 2. The molecule has 0 spiro atoms. The van der Waals surface area contributed by atoms with Gasteiger partial charge in [0.2, 0.25) is 0 Å². The smallest absolute Gasteiger partial charge is 0.320 e. The van der Waals surface area contributed by atoms with Gasteiger partial charge >= 0.3 is 6.18 Å². The Morgan fingerprint density at radius 3 is 2.40 bits per heavy atom. The maximum absolute atomic E-state index is 13.0. The summed E-state index contributed by atoms with van der Waals surface area (Å²) in [6, 6.07) is 12.4. The first kappa shape index (κ1) is 19.7. The van der Waals surface area contributed by atoms with E-state index < -0.39 is 11.7 Å². The lowest BCUT2D eigenvalue weighted by Gasteiger charge is -2.06. The number of carbonyl (C=O) groups excluding carboxylic acids is 1. The van der Waals surface area contributed by atoms with Gasteiger partial charge in [0.15, 0.2) is 5.78 Å². The number of hydrogen-bond acceptors (Lipinski definition) is 2. The second-order valence-electron chi connectivity index (χ2n) is 6.90. The minimum Gasteiger partial charge on any atom is -0.320 e. The molecule has 0 saturated carbocycles. The number of para-hydroxylation sites is 2. The monoisotopic (exact) mass is 409 g/mol. The van der Waals surface area contributed by atoms with Gasteiger partial charge in [-0.25, -0.2) is 4.52 Å². The van der Waals surface area contributed by atoms with Gasteiger partial charge in [-0.05, 0) is 42.8 Å². The molecular formula is C23H18F3N3O. The van der Waals surface area contributed by atoms with Crippen LogP contribution < -0.4 is 0 Å². The summed E-state index contributed by atoms with van der Waals surface area (Å²) >= 11 is 0. The van der Waals surface area contributed by atoms with Gasteiger partial charge in [0.05, 0.1) is 27.9 Å². The van der Waals surface area contributed by atoms with E-state index in [9.17, 15) is 18.0 Å². The maximum Gasteiger partial charge on any atom is 0.416 e. The van der Waals surface area contributed by atoms with Crippen LogP contribution in [0.25, 0.3) is 22.8 Å². The van der Waals surface area contributed by atoms with Crippen molar-refractivity contribution in [3.05, 3.63) is 89.6 Å². The molecule has 30 heavy (non-hydrogen) atoms. The quantitative estimate of drug-likeness (QED) is 0.241. The molecule has 7 heteroatoms. The van der Waals surface area contributed by atoms with Crippen LogP contribution in [0.15, 0.2) is 67.3 Å². The van der Waals surface area contributed by atoms with E-state index >= 15 is 0 Å². The van der Waals surface area contributed by atoms with E-state index in [-0.39, 0.29) is 5.78 Å². The molecule has 2 heterocycles. The van der Waals surface area contributed by atoms with Crippen molar-refractivity contribution in [2.24, 2.45) is 0 Å². The number of fused-ring (bicyclic) bond motifs is 3. The zero-order valence-electron chi connectivity index (χ0n) is 16.1. The molecule has 0 unspecified atom stereocenters. The summed E-state index contributed by atoms with van der Waals surface area (Å²) in [5.74, 6) is -0.268. The van der Waals surface area contributed by atoms with Gasteiger partial charge in [-0.2, -0.15) is 18.3 Å². The SMILES string of the molecule is C=CCn1c2ccccc2n2nc(C)c(C(=O)/C=C/c3ccc(C(F)(F)F)cc3)c12. The van der Waals surface area contributed by atoms with Crippen LogP contribution >= 0.6 is 0 Å². The molecule has 4 rings (SSSR count). The van der Waals surface area contributed by atoms with Crippen molar-refractivity contribution >= 4 is 28.5 Å². The Balaban J connectivity index is 1.75. The summed E-state index contributed by atoms with van der Waals surface area (Å²) in [5.41, 5.74) is 3.28. The number of nitrogens with zero attached hydrogens (tertiary/aromatic N) is 3. The summed E-state index contributed by atoms with van der Waals surface area (Å²) in [7, 11) is 0. The molecular weight excluding hydrogens is 391 g/mol. The first-order valence-corrected chi connectivity index (χ1v) is 9.28. The summed E-state index contributed by atoms with van der Waals surface area (Å²) in [6.07, 6.45) is 0.229.